The van der Waals surface area contributed by atoms with Gasteiger partial charge < -0.3 is 10.1 Å². The molecular formula is C10H18N2OS. The summed E-state index contributed by atoms with van der Waals surface area (Å²) in [5.74, 6) is 0. The number of nitrogens with zero attached hydrogens (tertiary/aromatic N) is 1. The molecule has 0 amide bonds. The highest BCUT2D eigenvalue weighted by Crippen LogP contribution is 2.08. The second kappa shape index (κ2) is 5.44. The number of methoxy groups -OCH3 is 1. The van der Waals surface area contributed by atoms with Crippen LogP contribution in [0.25, 0.3) is 0 Å². The molecule has 0 fully saturated rings. The zero-order valence-corrected chi connectivity index (χ0v) is 10.0. The van der Waals surface area contributed by atoms with E-state index >= 15 is 0 Å². The summed E-state index contributed by atoms with van der Waals surface area (Å²) in [6.07, 6.45) is 0.231. The first-order valence-electron chi connectivity index (χ1n) is 4.80. The number of rotatable bonds is 5. The first kappa shape index (κ1) is 11.6. The van der Waals surface area contributed by atoms with Crippen molar-refractivity contribution in [2.75, 3.05) is 7.11 Å². The van der Waals surface area contributed by atoms with E-state index in [-0.39, 0.29) is 6.10 Å². The van der Waals surface area contributed by atoms with Gasteiger partial charge in [-0.25, -0.2) is 4.98 Å². The molecule has 2 unspecified atom stereocenters. The molecule has 2 atom stereocenters. The summed E-state index contributed by atoms with van der Waals surface area (Å²) in [5, 5.41) is 6.59. The van der Waals surface area contributed by atoms with E-state index in [1.807, 2.05) is 6.92 Å². The van der Waals surface area contributed by atoms with E-state index in [1.165, 1.54) is 0 Å². The molecule has 4 heteroatoms. The van der Waals surface area contributed by atoms with E-state index in [0.717, 1.165) is 17.2 Å². The van der Waals surface area contributed by atoms with Crippen LogP contribution in [0.3, 0.4) is 0 Å². The van der Waals surface area contributed by atoms with Crippen LogP contribution in [0.15, 0.2) is 5.38 Å². The molecule has 0 aliphatic heterocycles. The smallest absolute Gasteiger partial charge is 0.0897 e. The summed E-state index contributed by atoms with van der Waals surface area (Å²) >= 11 is 1.69. The van der Waals surface area contributed by atoms with Crippen molar-refractivity contribution in [3.8, 4) is 0 Å². The van der Waals surface area contributed by atoms with Crippen LogP contribution in [0, 0.1) is 6.92 Å². The van der Waals surface area contributed by atoms with Gasteiger partial charge in [0.1, 0.15) is 0 Å². The van der Waals surface area contributed by atoms with Gasteiger partial charge in [0.25, 0.3) is 0 Å². The van der Waals surface area contributed by atoms with E-state index < -0.39 is 0 Å². The van der Waals surface area contributed by atoms with Gasteiger partial charge in [-0.2, -0.15) is 0 Å². The van der Waals surface area contributed by atoms with E-state index in [0.29, 0.717) is 6.04 Å². The van der Waals surface area contributed by atoms with Gasteiger partial charge in [-0.1, -0.05) is 0 Å². The SMILES string of the molecule is COC(C)C(C)NCc1csc(C)n1. The van der Waals surface area contributed by atoms with Gasteiger partial charge in [0.05, 0.1) is 16.8 Å². The number of aryl methyl sites for hydroxylation is 1. The average Bonchev–Trinajstić information content (AvgIpc) is 2.59. The molecule has 0 aliphatic rings. The Morgan fingerprint density at radius 2 is 2.29 bits per heavy atom. The summed E-state index contributed by atoms with van der Waals surface area (Å²) in [6, 6.07) is 0.349. The van der Waals surface area contributed by atoms with Crippen LogP contribution in [-0.4, -0.2) is 24.2 Å². The molecule has 0 bridgehead atoms. The van der Waals surface area contributed by atoms with Crippen molar-refractivity contribution in [2.45, 2.75) is 39.5 Å². The topological polar surface area (TPSA) is 34.1 Å². The standard InChI is InChI=1S/C10H18N2OS/c1-7(8(2)13-4)11-5-10-6-14-9(3)12-10/h6-8,11H,5H2,1-4H3. The second-order valence-corrected chi connectivity index (χ2v) is 4.53. The number of aromatic nitrogens is 1. The van der Waals surface area contributed by atoms with E-state index in [1.54, 1.807) is 18.4 Å². The van der Waals surface area contributed by atoms with Crippen molar-refractivity contribution in [3.63, 3.8) is 0 Å². The highest BCUT2D eigenvalue weighted by Gasteiger charge is 2.10. The van der Waals surface area contributed by atoms with Crippen molar-refractivity contribution in [1.29, 1.82) is 0 Å². The van der Waals surface area contributed by atoms with E-state index in [4.69, 9.17) is 4.74 Å². The predicted molar refractivity (Wildman–Crippen MR) is 59.6 cm³/mol. The highest BCUT2D eigenvalue weighted by atomic mass is 32.1. The Kier molecular flexibility index (Phi) is 4.51. The maximum Gasteiger partial charge on any atom is 0.0897 e. The van der Waals surface area contributed by atoms with Crippen LogP contribution in [-0.2, 0) is 11.3 Å². The van der Waals surface area contributed by atoms with Gasteiger partial charge >= 0.3 is 0 Å². The van der Waals surface area contributed by atoms with Crippen LogP contribution in [0.5, 0.6) is 0 Å². The Hall–Kier alpha value is -0.450. The Bertz CT molecular complexity index is 275. The van der Waals surface area contributed by atoms with Gasteiger partial charge in [0, 0.05) is 25.1 Å². The largest absolute Gasteiger partial charge is 0.380 e. The fourth-order valence-corrected chi connectivity index (χ4v) is 1.74. The van der Waals surface area contributed by atoms with E-state index in [9.17, 15) is 0 Å². The monoisotopic (exact) mass is 214 g/mol. The number of hydrogen-bond acceptors (Lipinski definition) is 4. The van der Waals surface area contributed by atoms with Crippen molar-refractivity contribution >= 4 is 11.3 Å². The Labute approximate surface area is 89.5 Å². The summed E-state index contributed by atoms with van der Waals surface area (Å²) in [4.78, 5) is 4.38. The van der Waals surface area contributed by atoms with Crippen LogP contribution in [0.1, 0.15) is 24.5 Å². The summed E-state index contributed by atoms with van der Waals surface area (Å²) < 4.78 is 5.23. The maximum atomic E-state index is 5.23. The van der Waals surface area contributed by atoms with Crippen LogP contribution in [0.2, 0.25) is 0 Å². The summed E-state index contributed by atoms with van der Waals surface area (Å²) in [5.41, 5.74) is 1.11. The normalized spacial score (nSPS) is 15.4. The minimum absolute atomic E-state index is 0.231. The fraction of sp³-hybridized carbons (Fsp3) is 0.700. The molecule has 1 aromatic heterocycles. The van der Waals surface area contributed by atoms with E-state index in [2.05, 4.69) is 29.5 Å². The van der Waals surface area contributed by atoms with Crippen LogP contribution >= 0.6 is 11.3 Å². The first-order chi connectivity index (χ1) is 6.63. The molecule has 1 N–H and O–H groups in total. The molecule has 0 aliphatic carbocycles. The second-order valence-electron chi connectivity index (χ2n) is 3.47. The highest BCUT2D eigenvalue weighted by molar-refractivity contribution is 7.09. The number of nitrogens with one attached hydrogen (secondary N) is 1. The lowest BCUT2D eigenvalue weighted by Gasteiger charge is -2.19. The van der Waals surface area contributed by atoms with Crippen molar-refractivity contribution in [1.82, 2.24) is 10.3 Å². The number of hydrogen-bond donors (Lipinski definition) is 1. The molecule has 80 valence electrons. The average molecular weight is 214 g/mol. The van der Waals surface area contributed by atoms with Gasteiger partial charge in [0.15, 0.2) is 0 Å². The molecule has 0 saturated carbocycles. The molecule has 1 heterocycles. The van der Waals surface area contributed by atoms with Crippen molar-refractivity contribution in [2.24, 2.45) is 0 Å². The van der Waals surface area contributed by atoms with Crippen molar-refractivity contribution < 1.29 is 4.74 Å². The molecule has 14 heavy (non-hydrogen) atoms. The van der Waals surface area contributed by atoms with Crippen LogP contribution < -0.4 is 5.32 Å². The quantitative estimate of drug-likeness (QED) is 0.813. The van der Waals surface area contributed by atoms with Gasteiger partial charge in [-0.05, 0) is 20.8 Å². The van der Waals surface area contributed by atoms with Gasteiger partial charge in [-0.15, -0.1) is 11.3 Å². The zero-order chi connectivity index (χ0) is 10.6. The van der Waals surface area contributed by atoms with Gasteiger partial charge in [-0.3, -0.25) is 0 Å². The third-order valence-electron chi connectivity index (χ3n) is 2.35. The molecule has 0 spiro atoms. The maximum absolute atomic E-state index is 5.23. The lowest BCUT2D eigenvalue weighted by Crippen LogP contribution is -2.36. The summed E-state index contributed by atoms with van der Waals surface area (Å²) in [7, 11) is 1.73. The number of thiazole rings is 1. The van der Waals surface area contributed by atoms with Gasteiger partial charge in [0.2, 0.25) is 0 Å². The predicted octanol–water partition coefficient (Wildman–Crippen LogP) is 1.96. The van der Waals surface area contributed by atoms with Crippen LogP contribution in [0.4, 0.5) is 0 Å². The molecule has 0 radical (unpaired) electrons. The molecule has 1 aromatic rings. The Morgan fingerprint density at radius 1 is 1.57 bits per heavy atom. The minimum atomic E-state index is 0.231. The molecule has 0 saturated heterocycles. The Balaban J connectivity index is 2.33. The first-order valence-corrected chi connectivity index (χ1v) is 5.68. The third kappa shape index (κ3) is 3.36. The number of ether oxygens (including phenoxy) is 1. The zero-order valence-electron chi connectivity index (χ0n) is 9.20. The fourth-order valence-electron chi connectivity index (χ4n) is 1.13. The molecular weight excluding hydrogens is 196 g/mol. The summed E-state index contributed by atoms with van der Waals surface area (Å²) in [6.45, 7) is 7.02. The molecule has 1 rings (SSSR count). The van der Waals surface area contributed by atoms with Crippen molar-refractivity contribution in [3.05, 3.63) is 16.1 Å². The third-order valence-corrected chi connectivity index (χ3v) is 3.17. The molecule has 0 aromatic carbocycles. The minimum Gasteiger partial charge on any atom is -0.380 e. The lowest BCUT2D eigenvalue weighted by atomic mass is 10.2. The molecule has 3 nitrogen and oxygen atoms in total. The lowest BCUT2D eigenvalue weighted by molar-refractivity contribution is 0.0881. The Morgan fingerprint density at radius 3 is 2.79 bits per heavy atom.